The van der Waals surface area contributed by atoms with Crippen LogP contribution >= 0.6 is 0 Å². The minimum atomic E-state index is -0.581. The van der Waals surface area contributed by atoms with Gasteiger partial charge in [-0.1, -0.05) is 0 Å². The molecule has 0 saturated heterocycles. The van der Waals surface area contributed by atoms with E-state index in [0.29, 0.717) is 30.3 Å². The highest BCUT2D eigenvalue weighted by Gasteiger charge is 2.11. The molecule has 1 atom stereocenters. The van der Waals surface area contributed by atoms with Gasteiger partial charge < -0.3 is 16.6 Å². The molecule has 0 aromatic carbocycles. The van der Waals surface area contributed by atoms with Gasteiger partial charge in [-0.25, -0.2) is 4.68 Å². The third kappa shape index (κ3) is 2.15. The van der Waals surface area contributed by atoms with Crippen LogP contribution in [0.3, 0.4) is 0 Å². The molecule has 0 fully saturated rings. The smallest absolute Gasteiger partial charge is 0.145 e. The number of nitrogens with two attached hydrogens (primary N) is 2. The molecule has 0 saturated carbocycles. The number of nitrogens with zero attached hydrogens (tertiary/aromatic N) is 2. The molecule has 14 heavy (non-hydrogen) atoms. The van der Waals surface area contributed by atoms with Gasteiger partial charge in [-0.05, 0) is 13.8 Å². The van der Waals surface area contributed by atoms with E-state index in [4.69, 9.17) is 16.6 Å². The number of aromatic nitrogens is 2. The maximum absolute atomic E-state index is 9.02. The zero-order valence-corrected chi connectivity index (χ0v) is 8.49. The van der Waals surface area contributed by atoms with Crippen molar-refractivity contribution in [1.82, 2.24) is 15.1 Å². The quantitative estimate of drug-likeness (QED) is 0.489. The average Bonchev–Trinajstić information content (AvgIpc) is 2.41. The predicted molar refractivity (Wildman–Crippen MR) is 55.2 cm³/mol. The summed E-state index contributed by atoms with van der Waals surface area (Å²) in [6.45, 7) is 4.68. The van der Waals surface area contributed by atoms with Crippen LogP contribution in [0.1, 0.15) is 19.5 Å². The monoisotopic (exact) mass is 199 g/mol. The summed E-state index contributed by atoms with van der Waals surface area (Å²) in [6.07, 6.45) is -0.581. The van der Waals surface area contributed by atoms with Crippen LogP contribution in [-0.4, -0.2) is 21.1 Å². The molecule has 1 unspecified atom stereocenters. The van der Waals surface area contributed by atoms with Gasteiger partial charge >= 0.3 is 0 Å². The number of aliphatic hydroxyl groups excluding tert-OH is 1. The Morgan fingerprint density at radius 1 is 1.57 bits per heavy atom. The lowest BCUT2D eigenvalue weighted by atomic mass is 10.3. The summed E-state index contributed by atoms with van der Waals surface area (Å²) in [5.41, 5.74) is 12.6. The fraction of sp³-hybridized carbons (Fsp3) is 0.625. The molecular formula is C8H17N5O. The molecule has 0 aliphatic rings. The van der Waals surface area contributed by atoms with E-state index in [-0.39, 0.29) is 0 Å². The standard InChI is InChI=1S/C8H17N5O/c1-3-13-8(10)7(9)6(12-13)4-11-5(2)14/h5,11,14H,3-4,9-10H2,1-2H3. The molecule has 0 spiro atoms. The van der Waals surface area contributed by atoms with Crippen molar-refractivity contribution in [2.45, 2.75) is 33.2 Å². The first-order valence-electron chi connectivity index (χ1n) is 4.58. The lowest BCUT2D eigenvalue weighted by Gasteiger charge is -2.04. The predicted octanol–water partition coefficient (Wildman–Crippen LogP) is -0.505. The van der Waals surface area contributed by atoms with Crippen molar-refractivity contribution in [2.24, 2.45) is 0 Å². The van der Waals surface area contributed by atoms with Gasteiger partial charge in [-0.15, -0.1) is 0 Å². The van der Waals surface area contributed by atoms with Crippen LogP contribution < -0.4 is 16.8 Å². The van der Waals surface area contributed by atoms with Gasteiger partial charge in [0.2, 0.25) is 0 Å². The van der Waals surface area contributed by atoms with Crippen LogP contribution in [0.2, 0.25) is 0 Å². The fourth-order valence-electron chi connectivity index (χ4n) is 1.16. The van der Waals surface area contributed by atoms with Crippen molar-refractivity contribution >= 4 is 11.5 Å². The molecule has 6 heteroatoms. The molecule has 1 aromatic rings. The Labute approximate surface area is 82.9 Å². The van der Waals surface area contributed by atoms with Gasteiger partial charge in [0.1, 0.15) is 17.7 Å². The molecular weight excluding hydrogens is 182 g/mol. The van der Waals surface area contributed by atoms with Gasteiger partial charge in [0.15, 0.2) is 0 Å². The Morgan fingerprint density at radius 2 is 2.21 bits per heavy atom. The van der Waals surface area contributed by atoms with Crippen LogP contribution in [0.4, 0.5) is 11.5 Å². The Hall–Kier alpha value is -1.27. The summed E-state index contributed by atoms with van der Waals surface area (Å²) >= 11 is 0. The highest BCUT2D eigenvalue weighted by atomic mass is 16.3. The second-order valence-electron chi connectivity index (χ2n) is 3.12. The van der Waals surface area contributed by atoms with Crippen LogP contribution in [0.15, 0.2) is 0 Å². The number of hydrogen-bond acceptors (Lipinski definition) is 5. The maximum Gasteiger partial charge on any atom is 0.145 e. The number of aliphatic hydroxyl groups is 1. The highest BCUT2D eigenvalue weighted by Crippen LogP contribution is 2.18. The van der Waals surface area contributed by atoms with Crippen LogP contribution in [0, 0.1) is 0 Å². The number of hydrogen-bond donors (Lipinski definition) is 4. The average molecular weight is 199 g/mol. The van der Waals surface area contributed by atoms with Crippen LogP contribution in [-0.2, 0) is 13.1 Å². The van der Waals surface area contributed by atoms with Crippen molar-refractivity contribution in [3.05, 3.63) is 5.69 Å². The van der Waals surface area contributed by atoms with E-state index < -0.39 is 6.23 Å². The highest BCUT2D eigenvalue weighted by molar-refractivity contribution is 5.62. The first-order chi connectivity index (χ1) is 6.56. The van der Waals surface area contributed by atoms with Crippen LogP contribution in [0.25, 0.3) is 0 Å². The number of aryl methyl sites for hydroxylation is 1. The van der Waals surface area contributed by atoms with E-state index in [2.05, 4.69) is 10.4 Å². The van der Waals surface area contributed by atoms with Crippen molar-refractivity contribution < 1.29 is 5.11 Å². The number of nitrogen functional groups attached to an aromatic ring is 2. The second-order valence-corrected chi connectivity index (χ2v) is 3.12. The Balaban J connectivity index is 2.77. The lowest BCUT2D eigenvalue weighted by molar-refractivity contribution is 0.154. The van der Waals surface area contributed by atoms with E-state index in [1.807, 2.05) is 6.92 Å². The maximum atomic E-state index is 9.02. The lowest BCUT2D eigenvalue weighted by Crippen LogP contribution is -2.25. The van der Waals surface area contributed by atoms with E-state index in [0.717, 1.165) is 0 Å². The number of nitrogens with one attached hydrogen (secondary N) is 1. The zero-order chi connectivity index (χ0) is 10.7. The molecule has 0 radical (unpaired) electrons. The third-order valence-corrected chi connectivity index (χ3v) is 1.97. The van der Waals surface area contributed by atoms with E-state index in [1.165, 1.54) is 0 Å². The normalized spacial score (nSPS) is 13.1. The number of rotatable bonds is 4. The summed E-state index contributed by atoms with van der Waals surface area (Å²) in [4.78, 5) is 0. The Morgan fingerprint density at radius 3 is 2.64 bits per heavy atom. The first-order valence-corrected chi connectivity index (χ1v) is 4.58. The molecule has 6 N–H and O–H groups in total. The minimum absolute atomic E-state index is 0.417. The largest absolute Gasteiger partial charge is 0.394 e. The van der Waals surface area contributed by atoms with E-state index in [9.17, 15) is 0 Å². The third-order valence-electron chi connectivity index (χ3n) is 1.97. The fourth-order valence-corrected chi connectivity index (χ4v) is 1.16. The molecule has 1 aromatic heterocycles. The molecule has 6 nitrogen and oxygen atoms in total. The van der Waals surface area contributed by atoms with Gasteiger partial charge in [0, 0.05) is 13.1 Å². The van der Waals surface area contributed by atoms with E-state index in [1.54, 1.807) is 11.6 Å². The summed E-state index contributed by atoms with van der Waals surface area (Å²) in [7, 11) is 0. The zero-order valence-electron chi connectivity index (χ0n) is 8.49. The topological polar surface area (TPSA) is 102 Å². The molecule has 0 aliphatic heterocycles. The SMILES string of the molecule is CCn1nc(CNC(C)O)c(N)c1N. The van der Waals surface area contributed by atoms with Gasteiger partial charge in [0.25, 0.3) is 0 Å². The first kappa shape index (κ1) is 10.8. The summed E-state index contributed by atoms with van der Waals surface area (Å²) in [6, 6.07) is 0. The summed E-state index contributed by atoms with van der Waals surface area (Å²) < 4.78 is 1.63. The molecule has 0 bridgehead atoms. The number of anilines is 2. The van der Waals surface area contributed by atoms with Crippen molar-refractivity contribution in [2.75, 3.05) is 11.5 Å². The van der Waals surface area contributed by atoms with Gasteiger partial charge in [-0.3, -0.25) is 5.32 Å². The molecule has 0 aliphatic carbocycles. The van der Waals surface area contributed by atoms with Gasteiger partial charge in [0.05, 0.1) is 5.69 Å². The molecule has 1 heterocycles. The Bertz CT molecular complexity index is 307. The van der Waals surface area contributed by atoms with Crippen molar-refractivity contribution in [3.63, 3.8) is 0 Å². The summed E-state index contributed by atoms with van der Waals surface area (Å²) in [5.74, 6) is 0.481. The molecule has 1 rings (SSSR count). The van der Waals surface area contributed by atoms with Gasteiger partial charge in [-0.2, -0.15) is 5.10 Å². The molecule has 80 valence electrons. The summed E-state index contributed by atoms with van der Waals surface area (Å²) in [5, 5.41) is 16.0. The minimum Gasteiger partial charge on any atom is -0.394 e. The second kappa shape index (κ2) is 4.30. The molecule has 0 amide bonds. The van der Waals surface area contributed by atoms with Crippen molar-refractivity contribution in [3.8, 4) is 0 Å². The Kier molecular flexibility index (Phi) is 3.32. The van der Waals surface area contributed by atoms with Crippen LogP contribution in [0.5, 0.6) is 0 Å². The van der Waals surface area contributed by atoms with Crippen molar-refractivity contribution in [1.29, 1.82) is 0 Å². The van der Waals surface area contributed by atoms with E-state index >= 15 is 0 Å².